The molecule has 2 rings (SSSR count). The van der Waals surface area contributed by atoms with E-state index in [9.17, 15) is 18.0 Å². The quantitative estimate of drug-likeness (QED) is 0.840. The molecule has 0 aliphatic carbocycles. The van der Waals surface area contributed by atoms with Crippen molar-refractivity contribution < 1.29 is 27.4 Å². The first kappa shape index (κ1) is 17.6. The van der Waals surface area contributed by atoms with Crippen LogP contribution in [0.3, 0.4) is 0 Å². The van der Waals surface area contributed by atoms with Crippen LogP contribution in [-0.2, 0) is 17.4 Å². The number of carbonyl (C=O) groups is 1. The zero-order valence-corrected chi connectivity index (χ0v) is 12.9. The molecule has 7 nitrogen and oxygen atoms in total. The number of hydrogen-bond acceptors (Lipinski definition) is 5. The van der Waals surface area contributed by atoms with Gasteiger partial charge in [-0.15, -0.1) is 5.10 Å². The predicted octanol–water partition coefficient (Wildman–Crippen LogP) is 2.41. The molecule has 1 heterocycles. The molecule has 1 amide bonds. The van der Waals surface area contributed by atoms with E-state index in [1.54, 1.807) is 23.3 Å². The summed E-state index contributed by atoms with van der Waals surface area (Å²) < 4.78 is 47.4. The summed E-state index contributed by atoms with van der Waals surface area (Å²) in [5, 5.41) is 7.23. The van der Waals surface area contributed by atoms with Crippen LogP contribution in [-0.4, -0.2) is 35.3 Å². The standard InChI is InChI=1S/C14H15F3N4O3/c1-23-9-5-3-8(7-10(9)24-2)4-6-11(22)18-13-19-12(20-21-13)14(15,16)17/h3,5,7H,4,6H2,1-2H3,(H2,18,19,20,21,22). The van der Waals surface area contributed by atoms with E-state index in [0.29, 0.717) is 17.9 Å². The van der Waals surface area contributed by atoms with Gasteiger partial charge in [0.05, 0.1) is 14.2 Å². The number of anilines is 1. The summed E-state index contributed by atoms with van der Waals surface area (Å²) in [4.78, 5) is 14.9. The van der Waals surface area contributed by atoms with Crippen molar-refractivity contribution >= 4 is 11.9 Å². The van der Waals surface area contributed by atoms with Crippen LogP contribution in [0.5, 0.6) is 11.5 Å². The molecule has 0 atom stereocenters. The molecule has 130 valence electrons. The Balaban J connectivity index is 1.92. The number of halogens is 3. The molecule has 2 aromatic rings. The minimum absolute atomic E-state index is 0.0470. The number of aromatic nitrogens is 3. The van der Waals surface area contributed by atoms with Gasteiger partial charge in [0, 0.05) is 6.42 Å². The fourth-order valence-corrected chi connectivity index (χ4v) is 1.93. The zero-order valence-electron chi connectivity index (χ0n) is 12.9. The third kappa shape index (κ3) is 4.37. The SMILES string of the molecule is COc1ccc(CCC(=O)Nc2n[nH]c(C(F)(F)F)n2)cc1OC. The van der Waals surface area contributed by atoms with Crippen LogP contribution in [0.1, 0.15) is 17.8 Å². The number of rotatable bonds is 6. The topological polar surface area (TPSA) is 89.1 Å². The highest BCUT2D eigenvalue weighted by Gasteiger charge is 2.35. The van der Waals surface area contributed by atoms with E-state index in [1.807, 2.05) is 0 Å². The van der Waals surface area contributed by atoms with Gasteiger partial charge in [0.1, 0.15) is 0 Å². The second-order valence-corrected chi connectivity index (χ2v) is 4.74. The van der Waals surface area contributed by atoms with Crippen molar-refractivity contribution in [2.24, 2.45) is 0 Å². The maximum Gasteiger partial charge on any atom is 0.451 e. The van der Waals surface area contributed by atoms with Crippen LogP contribution in [0, 0.1) is 0 Å². The number of hydrogen-bond donors (Lipinski definition) is 2. The lowest BCUT2D eigenvalue weighted by Crippen LogP contribution is -2.14. The lowest BCUT2D eigenvalue weighted by Gasteiger charge is -2.09. The van der Waals surface area contributed by atoms with E-state index >= 15 is 0 Å². The van der Waals surface area contributed by atoms with Crippen molar-refractivity contribution in [3.63, 3.8) is 0 Å². The van der Waals surface area contributed by atoms with Crippen LogP contribution in [0.15, 0.2) is 18.2 Å². The highest BCUT2D eigenvalue weighted by atomic mass is 19.4. The number of methoxy groups -OCH3 is 2. The molecule has 0 radical (unpaired) electrons. The summed E-state index contributed by atoms with van der Waals surface area (Å²) in [5.41, 5.74) is 0.814. The first-order valence-electron chi connectivity index (χ1n) is 6.84. The third-order valence-electron chi connectivity index (χ3n) is 3.09. The van der Waals surface area contributed by atoms with Crippen molar-refractivity contribution in [1.29, 1.82) is 0 Å². The molecule has 10 heteroatoms. The van der Waals surface area contributed by atoms with Crippen LogP contribution in [0.4, 0.5) is 19.1 Å². The largest absolute Gasteiger partial charge is 0.493 e. The monoisotopic (exact) mass is 344 g/mol. The van der Waals surface area contributed by atoms with Gasteiger partial charge in [-0.05, 0) is 24.1 Å². The Hall–Kier alpha value is -2.78. The smallest absolute Gasteiger partial charge is 0.451 e. The molecule has 0 fully saturated rings. The molecular weight excluding hydrogens is 329 g/mol. The molecule has 0 saturated heterocycles. The van der Waals surface area contributed by atoms with E-state index < -0.39 is 23.9 Å². The maximum absolute atomic E-state index is 12.4. The summed E-state index contributed by atoms with van der Waals surface area (Å²) in [6.07, 6.45) is -4.23. The number of carbonyl (C=O) groups excluding carboxylic acids is 1. The van der Waals surface area contributed by atoms with Crippen molar-refractivity contribution in [3.05, 3.63) is 29.6 Å². The summed E-state index contributed by atoms with van der Waals surface area (Å²) >= 11 is 0. The molecule has 2 N–H and O–H groups in total. The minimum Gasteiger partial charge on any atom is -0.493 e. The fourth-order valence-electron chi connectivity index (χ4n) is 1.93. The summed E-state index contributed by atoms with van der Waals surface area (Å²) in [6, 6.07) is 5.20. The van der Waals surface area contributed by atoms with Crippen molar-refractivity contribution in [3.8, 4) is 11.5 Å². The van der Waals surface area contributed by atoms with Crippen molar-refractivity contribution in [2.75, 3.05) is 19.5 Å². The van der Waals surface area contributed by atoms with Gasteiger partial charge in [-0.1, -0.05) is 6.07 Å². The molecular formula is C14H15F3N4O3. The van der Waals surface area contributed by atoms with E-state index in [-0.39, 0.29) is 6.42 Å². The Kier molecular flexibility index (Phi) is 5.27. The molecule has 0 aliphatic rings. The van der Waals surface area contributed by atoms with Gasteiger partial charge in [-0.25, -0.2) is 0 Å². The molecule has 0 saturated carbocycles. The van der Waals surface area contributed by atoms with Crippen LogP contribution >= 0.6 is 0 Å². The zero-order chi connectivity index (χ0) is 17.7. The molecule has 0 unspecified atom stereocenters. The molecule has 0 aliphatic heterocycles. The van der Waals surface area contributed by atoms with E-state index in [0.717, 1.165) is 5.56 Å². The number of aryl methyl sites for hydroxylation is 1. The average molecular weight is 344 g/mol. The van der Waals surface area contributed by atoms with Crippen LogP contribution < -0.4 is 14.8 Å². The minimum atomic E-state index is -4.64. The van der Waals surface area contributed by atoms with E-state index in [1.165, 1.54) is 14.2 Å². The normalized spacial score (nSPS) is 11.2. The number of amides is 1. The van der Waals surface area contributed by atoms with Gasteiger partial charge in [0.25, 0.3) is 0 Å². The maximum atomic E-state index is 12.4. The van der Waals surface area contributed by atoms with Gasteiger partial charge in [-0.2, -0.15) is 18.2 Å². The molecule has 24 heavy (non-hydrogen) atoms. The Labute approximate surface area is 135 Å². The Morgan fingerprint density at radius 2 is 1.96 bits per heavy atom. The van der Waals surface area contributed by atoms with Gasteiger partial charge in [0.2, 0.25) is 17.7 Å². The van der Waals surface area contributed by atoms with E-state index in [4.69, 9.17) is 9.47 Å². The number of ether oxygens (including phenoxy) is 2. The Morgan fingerprint density at radius 3 is 2.54 bits per heavy atom. The lowest BCUT2D eigenvalue weighted by molar-refractivity contribution is -0.144. The van der Waals surface area contributed by atoms with Crippen LogP contribution in [0.2, 0.25) is 0 Å². The van der Waals surface area contributed by atoms with Crippen molar-refractivity contribution in [2.45, 2.75) is 19.0 Å². The number of H-pyrrole nitrogens is 1. The third-order valence-corrected chi connectivity index (χ3v) is 3.09. The van der Waals surface area contributed by atoms with Gasteiger partial charge < -0.3 is 9.47 Å². The first-order valence-corrected chi connectivity index (χ1v) is 6.84. The van der Waals surface area contributed by atoms with E-state index in [2.05, 4.69) is 15.4 Å². The second kappa shape index (κ2) is 7.20. The fraction of sp³-hybridized carbons (Fsp3) is 0.357. The summed E-state index contributed by atoms with van der Waals surface area (Å²) in [5.74, 6) is -1.10. The molecule has 1 aromatic heterocycles. The number of nitrogens with one attached hydrogen (secondary N) is 2. The summed E-state index contributed by atoms with van der Waals surface area (Å²) in [6.45, 7) is 0. The highest BCUT2D eigenvalue weighted by Crippen LogP contribution is 2.28. The van der Waals surface area contributed by atoms with Crippen molar-refractivity contribution in [1.82, 2.24) is 15.2 Å². The Bertz CT molecular complexity index is 716. The predicted molar refractivity (Wildman–Crippen MR) is 77.9 cm³/mol. The molecule has 1 aromatic carbocycles. The summed E-state index contributed by atoms with van der Waals surface area (Å²) in [7, 11) is 3.01. The number of aromatic amines is 1. The van der Waals surface area contributed by atoms with Gasteiger partial charge >= 0.3 is 6.18 Å². The number of alkyl halides is 3. The second-order valence-electron chi connectivity index (χ2n) is 4.74. The van der Waals surface area contributed by atoms with Gasteiger partial charge in [0.15, 0.2) is 11.5 Å². The first-order chi connectivity index (χ1) is 11.3. The number of benzene rings is 1. The van der Waals surface area contributed by atoms with Gasteiger partial charge in [-0.3, -0.25) is 15.2 Å². The Morgan fingerprint density at radius 1 is 1.25 bits per heavy atom. The lowest BCUT2D eigenvalue weighted by atomic mass is 10.1. The highest BCUT2D eigenvalue weighted by molar-refractivity contribution is 5.89. The molecule has 0 bridgehead atoms. The van der Waals surface area contributed by atoms with Crippen LogP contribution in [0.25, 0.3) is 0 Å². The number of nitrogens with zero attached hydrogens (tertiary/aromatic N) is 2. The average Bonchev–Trinajstić information content (AvgIpc) is 3.01. The molecule has 0 spiro atoms.